The summed E-state index contributed by atoms with van der Waals surface area (Å²) in [6.07, 6.45) is 1.04. The number of hydrazine groups is 1. The summed E-state index contributed by atoms with van der Waals surface area (Å²) < 4.78 is 0. The average molecular weight is 249 g/mol. The van der Waals surface area contributed by atoms with Gasteiger partial charge >= 0.3 is 0 Å². The second-order valence-electron chi connectivity index (χ2n) is 4.94. The van der Waals surface area contributed by atoms with Gasteiger partial charge in [-0.2, -0.15) is 0 Å². The van der Waals surface area contributed by atoms with E-state index >= 15 is 0 Å². The summed E-state index contributed by atoms with van der Waals surface area (Å²) in [6, 6.07) is 3.30. The summed E-state index contributed by atoms with van der Waals surface area (Å²) in [6.45, 7) is 5.99. The summed E-state index contributed by atoms with van der Waals surface area (Å²) in [4.78, 5) is 14.1. The van der Waals surface area contributed by atoms with E-state index in [-0.39, 0.29) is 5.91 Å². The van der Waals surface area contributed by atoms with Gasteiger partial charge in [0.05, 0.1) is 0 Å². The van der Waals surface area contributed by atoms with Crippen molar-refractivity contribution in [2.45, 2.75) is 20.3 Å². The Hall–Kier alpha value is -1.69. The Kier molecular flexibility index (Phi) is 3.76. The van der Waals surface area contributed by atoms with Gasteiger partial charge in [-0.15, -0.1) is 10.2 Å². The first kappa shape index (κ1) is 12.8. The Morgan fingerprint density at radius 2 is 2.17 bits per heavy atom. The third-order valence-corrected chi connectivity index (χ3v) is 3.65. The van der Waals surface area contributed by atoms with Gasteiger partial charge in [-0.05, 0) is 30.4 Å². The maximum Gasteiger partial charge on any atom is 0.274 e. The van der Waals surface area contributed by atoms with Crippen LogP contribution in [0.4, 0.5) is 5.82 Å². The number of hydrogen-bond acceptors (Lipinski definition) is 5. The van der Waals surface area contributed by atoms with Crippen LogP contribution < -0.4 is 11.3 Å². The molecule has 1 aliphatic rings. The Morgan fingerprint density at radius 3 is 2.72 bits per heavy atom. The molecule has 0 aromatic carbocycles. The number of nitrogens with two attached hydrogens (primary N) is 1. The molecular weight excluding hydrogens is 230 g/mol. The fourth-order valence-electron chi connectivity index (χ4n) is 2.13. The van der Waals surface area contributed by atoms with Crippen LogP contribution in [0.2, 0.25) is 0 Å². The van der Waals surface area contributed by atoms with Crippen molar-refractivity contribution in [3.05, 3.63) is 17.8 Å². The standard InChI is InChI=1S/C12H19N5O/c1-8-5-6-17(7-9(8)2)12(18)10-3-4-11(14-13)16-15-10/h3-4,8-9H,5-7,13H2,1-2H3,(H,14,16). The van der Waals surface area contributed by atoms with Crippen molar-refractivity contribution in [2.24, 2.45) is 17.7 Å². The lowest BCUT2D eigenvalue weighted by Gasteiger charge is -2.35. The molecule has 2 atom stereocenters. The second kappa shape index (κ2) is 5.30. The van der Waals surface area contributed by atoms with E-state index in [1.54, 1.807) is 12.1 Å². The number of likely N-dealkylation sites (tertiary alicyclic amines) is 1. The van der Waals surface area contributed by atoms with E-state index in [2.05, 4.69) is 29.5 Å². The van der Waals surface area contributed by atoms with Crippen LogP contribution in [0, 0.1) is 11.8 Å². The molecule has 0 saturated carbocycles. The van der Waals surface area contributed by atoms with Crippen LogP contribution in [-0.4, -0.2) is 34.1 Å². The van der Waals surface area contributed by atoms with Gasteiger partial charge in [0, 0.05) is 13.1 Å². The normalized spacial score (nSPS) is 23.8. The van der Waals surface area contributed by atoms with Gasteiger partial charge in [0.1, 0.15) is 0 Å². The molecule has 98 valence electrons. The van der Waals surface area contributed by atoms with E-state index in [1.165, 1.54) is 0 Å². The third-order valence-electron chi connectivity index (χ3n) is 3.65. The van der Waals surface area contributed by atoms with Crippen molar-refractivity contribution in [1.82, 2.24) is 15.1 Å². The zero-order chi connectivity index (χ0) is 13.1. The van der Waals surface area contributed by atoms with Crippen LogP contribution in [0.3, 0.4) is 0 Å². The van der Waals surface area contributed by atoms with Gasteiger partial charge in [-0.25, -0.2) is 5.84 Å². The molecule has 1 amide bonds. The first-order chi connectivity index (χ1) is 8.61. The number of rotatable bonds is 2. The quantitative estimate of drug-likeness (QED) is 0.600. The number of carbonyl (C=O) groups excluding carboxylic acids is 1. The summed E-state index contributed by atoms with van der Waals surface area (Å²) in [5, 5.41) is 7.70. The molecule has 1 aromatic heterocycles. The molecule has 2 unspecified atom stereocenters. The number of piperidine rings is 1. The lowest BCUT2D eigenvalue weighted by Crippen LogP contribution is -2.42. The molecule has 1 fully saturated rings. The predicted octanol–water partition coefficient (Wildman–Crippen LogP) is 0.880. The number of amides is 1. The van der Waals surface area contributed by atoms with E-state index in [4.69, 9.17) is 5.84 Å². The molecule has 18 heavy (non-hydrogen) atoms. The molecule has 0 aliphatic carbocycles. The van der Waals surface area contributed by atoms with E-state index in [0.717, 1.165) is 19.5 Å². The molecule has 3 N–H and O–H groups in total. The highest BCUT2D eigenvalue weighted by molar-refractivity contribution is 5.92. The highest BCUT2D eigenvalue weighted by atomic mass is 16.2. The van der Waals surface area contributed by atoms with Gasteiger partial charge in [-0.3, -0.25) is 4.79 Å². The van der Waals surface area contributed by atoms with E-state index in [9.17, 15) is 4.79 Å². The topological polar surface area (TPSA) is 84.1 Å². The Morgan fingerprint density at radius 1 is 1.39 bits per heavy atom. The van der Waals surface area contributed by atoms with E-state index in [1.807, 2.05) is 4.90 Å². The molecule has 0 bridgehead atoms. The number of carbonyl (C=O) groups is 1. The van der Waals surface area contributed by atoms with E-state index < -0.39 is 0 Å². The molecule has 0 spiro atoms. The maximum atomic E-state index is 12.2. The number of nitrogen functional groups attached to an aromatic ring is 1. The van der Waals surface area contributed by atoms with Gasteiger partial charge in [0.15, 0.2) is 11.5 Å². The molecule has 1 aliphatic heterocycles. The minimum Gasteiger partial charge on any atom is -0.337 e. The second-order valence-corrected chi connectivity index (χ2v) is 4.94. The van der Waals surface area contributed by atoms with Crippen LogP contribution in [0.15, 0.2) is 12.1 Å². The number of nitrogens with zero attached hydrogens (tertiary/aromatic N) is 3. The van der Waals surface area contributed by atoms with Crippen molar-refractivity contribution in [1.29, 1.82) is 0 Å². The fraction of sp³-hybridized carbons (Fsp3) is 0.583. The van der Waals surface area contributed by atoms with Crippen LogP contribution in [0.25, 0.3) is 0 Å². The first-order valence-corrected chi connectivity index (χ1v) is 6.21. The Balaban J connectivity index is 2.06. The van der Waals surface area contributed by atoms with Crippen molar-refractivity contribution in [3.8, 4) is 0 Å². The molecule has 6 nitrogen and oxygen atoms in total. The molecule has 2 heterocycles. The molecule has 6 heteroatoms. The van der Waals surface area contributed by atoms with Crippen LogP contribution in [0.5, 0.6) is 0 Å². The Bertz CT molecular complexity index is 419. The number of anilines is 1. The summed E-state index contributed by atoms with van der Waals surface area (Å²) in [5.74, 6) is 6.80. The van der Waals surface area contributed by atoms with Gasteiger partial charge < -0.3 is 10.3 Å². The third kappa shape index (κ3) is 2.59. The first-order valence-electron chi connectivity index (χ1n) is 6.21. The summed E-state index contributed by atoms with van der Waals surface area (Å²) in [5.41, 5.74) is 2.76. The summed E-state index contributed by atoms with van der Waals surface area (Å²) >= 11 is 0. The molecule has 2 rings (SSSR count). The molecular formula is C12H19N5O. The number of hydrogen-bond donors (Lipinski definition) is 2. The molecule has 1 aromatic rings. The maximum absolute atomic E-state index is 12.2. The number of aromatic nitrogens is 2. The molecule has 0 radical (unpaired) electrons. The monoisotopic (exact) mass is 249 g/mol. The molecule has 1 saturated heterocycles. The highest BCUT2D eigenvalue weighted by Crippen LogP contribution is 2.23. The summed E-state index contributed by atoms with van der Waals surface area (Å²) in [7, 11) is 0. The van der Waals surface area contributed by atoms with Gasteiger partial charge in [-0.1, -0.05) is 13.8 Å². The lowest BCUT2D eigenvalue weighted by molar-refractivity contribution is 0.0620. The Labute approximate surface area is 107 Å². The van der Waals surface area contributed by atoms with Gasteiger partial charge in [0.25, 0.3) is 5.91 Å². The minimum atomic E-state index is -0.0511. The minimum absolute atomic E-state index is 0.0511. The zero-order valence-corrected chi connectivity index (χ0v) is 10.8. The number of nitrogens with one attached hydrogen (secondary N) is 1. The van der Waals surface area contributed by atoms with Gasteiger partial charge in [0.2, 0.25) is 0 Å². The van der Waals surface area contributed by atoms with Crippen LogP contribution in [-0.2, 0) is 0 Å². The SMILES string of the molecule is CC1CCN(C(=O)c2ccc(NN)nn2)CC1C. The van der Waals surface area contributed by atoms with Crippen molar-refractivity contribution < 1.29 is 4.79 Å². The highest BCUT2D eigenvalue weighted by Gasteiger charge is 2.27. The fourth-order valence-corrected chi connectivity index (χ4v) is 2.13. The average Bonchev–Trinajstić information content (AvgIpc) is 2.41. The predicted molar refractivity (Wildman–Crippen MR) is 68.7 cm³/mol. The zero-order valence-electron chi connectivity index (χ0n) is 10.8. The van der Waals surface area contributed by atoms with Crippen LogP contribution >= 0.6 is 0 Å². The lowest BCUT2D eigenvalue weighted by atomic mass is 9.88. The van der Waals surface area contributed by atoms with Crippen LogP contribution in [0.1, 0.15) is 30.8 Å². The largest absolute Gasteiger partial charge is 0.337 e. The van der Waals surface area contributed by atoms with E-state index in [0.29, 0.717) is 23.3 Å². The van der Waals surface area contributed by atoms with Crippen molar-refractivity contribution in [2.75, 3.05) is 18.5 Å². The smallest absolute Gasteiger partial charge is 0.274 e. The van der Waals surface area contributed by atoms with Crippen molar-refractivity contribution in [3.63, 3.8) is 0 Å². The van der Waals surface area contributed by atoms with Crippen molar-refractivity contribution >= 4 is 11.7 Å².